The van der Waals surface area contributed by atoms with E-state index in [4.69, 9.17) is 25.5 Å². The molecule has 150 valence electrons. The molecule has 1 aliphatic rings. The number of fused-ring (bicyclic) bond motifs is 1. The van der Waals surface area contributed by atoms with Gasteiger partial charge in [-0.25, -0.2) is 4.98 Å². The quantitative estimate of drug-likeness (QED) is 0.670. The minimum atomic E-state index is -0.230. The molecule has 0 bridgehead atoms. The van der Waals surface area contributed by atoms with Gasteiger partial charge in [0.1, 0.15) is 5.76 Å². The zero-order valence-electron chi connectivity index (χ0n) is 16.0. The number of benzene rings is 2. The number of rotatable bonds is 5. The summed E-state index contributed by atoms with van der Waals surface area (Å²) in [4.78, 5) is 17.1. The largest absolute Gasteiger partial charge is 0.489 e. The number of carbonyl (C=O) groups excluding carboxylic acids is 1. The lowest BCUT2D eigenvalue weighted by molar-refractivity contribution is 0.0953. The Morgan fingerprint density at radius 2 is 1.97 bits per heavy atom. The summed E-state index contributed by atoms with van der Waals surface area (Å²) in [6.07, 6.45) is 1.33. The Morgan fingerprint density at radius 3 is 2.79 bits per heavy atom. The van der Waals surface area contributed by atoms with Gasteiger partial charge in [0.25, 0.3) is 5.91 Å². The number of aryl methyl sites for hydroxylation is 1. The molecule has 1 N–H and O–H groups in total. The van der Waals surface area contributed by atoms with Crippen molar-refractivity contribution in [3.05, 3.63) is 64.5 Å². The number of carbonyl (C=O) groups is 1. The van der Waals surface area contributed by atoms with E-state index >= 15 is 0 Å². The van der Waals surface area contributed by atoms with Gasteiger partial charge in [-0.1, -0.05) is 29.8 Å². The number of nitrogens with zero attached hydrogens (tertiary/aromatic N) is 1. The van der Waals surface area contributed by atoms with Gasteiger partial charge in [0.05, 0.1) is 23.9 Å². The Morgan fingerprint density at radius 1 is 1.17 bits per heavy atom. The SMILES string of the molecule is Cc1oc(-c2ccccc2)nc1CCNC(=O)c1cc(Cl)c2c(c1)OCCCO2. The van der Waals surface area contributed by atoms with Crippen molar-refractivity contribution in [1.29, 1.82) is 0 Å². The number of amides is 1. The fourth-order valence-corrected chi connectivity index (χ4v) is 3.39. The molecule has 2 heterocycles. The molecule has 6 nitrogen and oxygen atoms in total. The first kappa shape index (κ1) is 19.3. The van der Waals surface area contributed by atoms with Gasteiger partial charge in [-0.2, -0.15) is 0 Å². The van der Waals surface area contributed by atoms with Crippen molar-refractivity contribution in [3.63, 3.8) is 0 Å². The fourth-order valence-electron chi connectivity index (χ4n) is 3.12. The molecule has 0 radical (unpaired) electrons. The van der Waals surface area contributed by atoms with Crippen LogP contribution in [0.15, 0.2) is 46.9 Å². The van der Waals surface area contributed by atoms with Gasteiger partial charge in [0.15, 0.2) is 11.5 Å². The molecule has 1 aromatic heterocycles. The average molecular weight is 413 g/mol. The molecule has 0 fully saturated rings. The number of ether oxygens (including phenoxy) is 2. The molecule has 29 heavy (non-hydrogen) atoms. The lowest BCUT2D eigenvalue weighted by atomic mass is 10.1. The Hall–Kier alpha value is -2.99. The van der Waals surface area contributed by atoms with E-state index in [1.807, 2.05) is 37.3 Å². The third-order valence-electron chi connectivity index (χ3n) is 4.63. The molecule has 7 heteroatoms. The summed E-state index contributed by atoms with van der Waals surface area (Å²) in [6, 6.07) is 13.0. The third kappa shape index (κ3) is 4.38. The third-order valence-corrected chi connectivity index (χ3v) is 4.91. The van der Waals surface area contributed by atoms with Crippen molar-refractivity contribution in [2.24, 2.45) is 0 Å². The van der Waals surface area contributed by atoms with E-state index in [9.17, 15) is 4.79 Å². The molecule has 0 spiro atoms. The predicted molar refractivity (Wildman–Crippen MR) is 110 cm³/mol. The highest BCUT2D eigenvalue weighted by Crippen LogP contribution is 2.38. The van der Waals surface area contributed by atoms with E-state index in [0.29, 0.717) is 54.2 Å². The molecule has 3 aromatic rings. The van der Waals surface area contributed by atoms with Crippen LogP contribution in [0.5, 0.6) is 11.5 Å². The second-order valence-electron chi connectivity index (χ2n) is 6.73. The summed E-state index contributed by atoms with van der Waals surface area (Å²) in [5.74, 6) is 2.09. The normalized spacial score (nSPS) is 13.0. The number of hydrogen-bond donors (Lipinski definition) is 1. The molecule has 0 aliphatic carbocycles. The smallest absolute Gasteiger partial charge is 0.251 e. The first-order chi connectivity index (χ1) is 14.1. The lowest BCUT2D eigenvalue weighted by Gasteiger charge is -2.11. The van der Waals surface area contributed by atoms with Gasteiger partial charge >= 0.3 is 0 Å². The minimum Gasteiger partial charge on any atom is -0.489 e. The van der Waals surface area contributed by atoms with E-state index in [1.54, 1.807) is 12.1 Å². The van der Waals surface area contributed by atoms with Crippen LogP contribution in [0.25, 0.3) is 11.5 Å². The van der Waals surface area contributed by atoms with Crippen molar-refractivity contribution in [1.82, 2.24) is 10.3 Å². The van der Waals surface area contributed by atoms with E-state index in [0.717, 1.165) is 23.4 Å². The number of oxazole rings is 1. The fraction of sp³-hybridized carbons (Fsp3) is 0.273. The topological polar surface area (TPSA) is 73.6 Å². The molecule has 0 atom stereocenters. The van der Waals surface area contributed by atoms with Crippen molar-refractivity contribution >= 4 is 17.5 Å². The maximum atomic E-state index is 12.6. The number of hydrogen-bond acceptors (Lipinski definition) is 5. The van der Waals surface area contributed by atoms with Crippen LogP contribution < -0.4 is 14.8 Å². The van der Waals surface area contributed by atoms with Crippen LogP contribution >= 0.6 is 11.6 Å². The van der Waals surface area contributed by atoms with Gasteiger partial charge in [0, 0.05) is 30.5 Å². The van der Waals surface area contributed by atoms with Gasteiger partial charge in [-0.3, -0.25) is 4.79 Å². The molecule has 0 unspecified atom stereocenters. The minimum absolute atomic E-state index is 0.230. The van der Waals surface area contributed by atoms with Gasteiger partial charge in [-0.05, 0) is 31.2 Å². The Kier molecular flexibility index (Phi) is 5.71. The Balaban J connectivity index is 1.40. The highest BCUT2D eigenvalue weighted by atomic mass is 35.5. The van der Waals surface area contributed by atoms with Crippen LogP contribution in [0.2, 0.25) is 5.02 Å². The lowest BCUT2D eigenvalue weighted by Crippen LogP contribution is -2.26. The highest BCUT2D eigenvalue weighted by Gasteiger charge is 2.18. The summed E-state index contributed by atoms with van der Waals surface area (Å²) >= 11 is 6.27. The molecular formula is C22H21ClN2O4. The van der Waals surface area contributed by atoms with Crippen LogP contribution in [0.4, 0.5) is 0 Å². The summed E-state index contributed by atoms with van der Waals surface area (Å²) in [7, 11) is 0. The predicted octanol–water partition coefficient (Wildman–Crippen LogP) is 4.44. The molecule has 4 rings (SSSR count). The second kappa shape index (κ2) is 8.57. The van der Waals surface area contributed by atoms with Crippen molar-refractivity contribution in [3.8, 4) is 23.0 Å². The monoisotopic (exact) mass is 412 g/mol. The van der Waals surface area contributed by atoms with Crippen molar-refractivity contribution < 1.29 is 18.7 Å². The van der Waals surface area contributed by atoms with Gasteiger partial charge < -0.3 is 19.2 Å². The van der Waals surface area contributed by atoms with Crippen LogP contribution in [-0.4, -0.2) is 30.6 Å². The zero-order chi connectivity index (χ0) is 20.2. The average Bonchev–Trinajstić information content (AvgIpc) is 2.94. The molecule has 1 amide bonds. The van der Waals surface area contributed by atoms with E-state index in [1.165, 1.54) is 0 Å². The molecule has 0 saturated heterocycles. The summed E-state index contributed by atoms with van der Waals surface area (Å²) in [5, 5.41) is 3.27. The Labute approximate surface area is 173 Å². The van der Waals surface area contributed by atoms with Crippen LogP contribution in [-0.2, 0) is 6.42 Å². The maximum Gasteiger partial charge on any atom is 0.251 e. The molecule has 2 aromatic carbocycles. The number of halogens is 1. The maximum absolute atomic E-state index is 12.6. The van der Waals surface area contributed by atoms with Crippen LogP contribution in [0, 0.1) is 6.92 Å². The first-order valence-electron chi connectivity index (χ1n) is 9.51. The standard InChI is InChI=1S/C22H21ClN2O4/c1-14-18(25-22(29-14)15-6-3-2-4-7-15)8-9-24-21(26)16-12-17(23)20-19(13-16)27-10-5-11-28-20/h2-4,6-7,12-13H,5,8-11H2,1H3,(H,24,26). The van der Waals surface area contributed by atoms with E-state index < -0.39 is 0 Å². The molecule has 0 saturated carbocycles. The van der Waals surface area contributed by atoms with Gasteiger partial charge in [-0.15, -0.1) is 0 Å². The van der Waals surface area contributed by atoms with Crippen molar-refractivity contribution in [2.45, 2.75) is 19.8 Å². The van der Waals surface area contributed by atoms with Crippen molar-refractivity contribution in [2.75, 3.05) is 19.8 Å². The molecular weight excluding hydrogens is 392 g/mol. The Bertz CT molecular complexity index is 1020. The van der Waals surface area contributed by atoms with E-state index in [-0.39, 0.29) is 5.91 Å². The molecule has 1 aliphatic heterocycles. The van der Waals surface area contributed by atoms with E-state index in [2.05, 4.69) is 10.3 Å². The second-order valence-corrected chi connectivity index (χ2v) is 7.14. The highest BCUT2D eigenvalue weighted by molar-refractivity contribution is 6.32. The summed E-state index contributed by atoms with van der Waals surface area (Å²) < 4.78 is 17.0. The number of aromatic nitrogens is 1. The zero-order valence-corrected chi connectivity index (χ0v) is 16.8. The summed E-state index contributed by atoms with van der Waals surface area (Å²) in [6.45, 7) is 3.37. The first-order valence-corrected chi connectivity index (χ1v) is 9.88. The number of nitrogens with one attached hydrogen (secondary N) is 1. The van der Waals surface area contributed by atoms with Crippen LogP contribution in [0.1, 0.15) is 28.2 Å². The van der Waals surface area contributed by atoms with Crippen LogP contribution in [0.3, 0.4) is 0 Å². The van der Waals surface area contributed by atoms with Gasteiger partial charge in [0.2, 0.25) is 5.89 Å². The summed E-state index contributed by atoms with van der Waals surface area (Å²) in [5.41, 5.74) is 2.18.